The van der Waals surface area contributed by atoms with Crippen LogP contribution >= 0.6 is 0 Å². The van der Waals surface area contributed by atoms with Crippen molar-refractivity contribution in [3.8, 4) is 0 Å². The summed E-state index contributed by atoms with van der Waals surface area (Å²) in [5, 5.41) is 24.6. The van der Waals surface area contributed by atoms with Gasteiger partial charge >= 0.3 is 0 Å². The summed E-state index contributed by atoms with van der Waals surface area (Å²) in [4.78, 5) is 43.1. The zero-order valence-corrected chi connectivity index (χ0v) is 25.0. The molecule has 4 aromatic carbocycles. The van der Waals surface area contributed by atoms with Gasteiger partial charge in [0, 0.05) is 53.6 Å². The van der Waals surface area contributed by atoms with E-state index >= 15 is 0 Å². The van der Waals surface area contributed by atoms with Gasteiger partial charge in [-0.15, -0.1) is 0 Å². The first kappa shape index (κ1) is 31.2. The number of carbonyl (C=O) groups excluding carboxylic acids is 3. The standard InChI is InChI=1S/C36H36N4O5/c1-25(9-8-14-33(42)39(21-22-41)24-26-10-4-2-5-11-26)36(45)31-23-29(38-34(43)27-15-17-28(37)18-16-27)19-20-32(31)40(35(36)44)30-12-6-3-7-13-30/h2-13,15-20,23,25,41,45H,14,21-22,24,37H2,1H3,(H,38,43)/b9-8+/t25-,36+/m0/s1. The van der Waals surface area contributed by atoms with E-state index in [1.807, 2.05) is 48.5 Å². The van der Waals surface area contributed by atoms with Gasteiger partial charge in [0.2, 0.25) is 5.91 Å². The quantitative estimate of drug-likeness (QED) is 0.141. The number of para-hydroxylation sites is 1. The van der Waals surface area contributed by atoms with Crippen molar-refractivity contribution in [3.05, 3.63) is 132 Å². The average molecular weight is 605 g/mol. The first-order valence-electron chi connectivity index (χ1n) is 14.7. The molecule has 0 saturated carbocycles. The Morgan fingerprint density at radius 3 is 2.31 bits per heavy atom. The molecule has 0 bridgehead atoms. The van der Waals surface area contributed by atoms with E-state index in [0.29, 0.717) is 40.4 Å². The van der Waals surface area contributed by atoms with Gasteiger partial charge in [-0.25, -0.2) is 0 Å². The Hall–Kier alpha value is -5.25. The average Bonchev–Trinajstić information content (AvgIpc) is 3.28. The van der Waals surface area contributed by atoms with Crippen molar-refractivity contribution in [2.24, 2.45) is 5.92 Å². The second kappa shape index (κ2) is 13.6. The van der Waals surface area contributed by atoms with Crippen LogP contribution in [0.2, 0.25) is 0 Å². The third-order valence-electron chi connectivity index (χ3n) is 7.94. The van der Waals surface area contributed by atoms with E-state index in [0.717, 1.165) is 5.56 Å². The molecule has 2 atom stereocenters. The van der Waals surface area contributed by atoms with E-state index in [2.05, 4.69) is 5.32 Å². The highest BCUT2D eigenvalue weighted by Gasteiger charge is 2.53. The van der Waals surface area contributed by atoms with Gasteiger partial charge in [0.15, 0.2) is 5.60 Å². The third-order valence-corrected chi connectivity index (χ3v) is 7.94. The summed E-state index contributed by atoms with van der Waals surface area (Å²) in [5.74, 6) is -1.84. The monoisotopic (exact) mass is 604 g/mol. The number of benzene rings is 4. The lowest BCUT2D eigenvalue weighted by atomic mass is 9.82. The van der Waals surface area contributed by atoms with Gasteiger partial charge in [-0.05, 0) is 60.2 Å². The maximum Gasteiger partial charge on any atom is 0.268 e. The van der Waals surface area contributed by atoms with Crippen molar-refractivity contribution in [2.45, 2.75) is 25.5 Å². The van der Waals surface area contributed by atoms with Gasteiger partial charge in [-0.1, -0.05) is 67.6 Å². The molecule has 45 heavy (non-hydrogen) atoms. The predicted octanol–water partition coefficient (Wildman–Crippen LogP) is 4.99. The number of nitrogens with one attached hydrogen (secondary N) is 1. The zero-order chi connectivity index (χ0) is 32.0. The maximum absolute atomic E-state index is 14.0. The topological polar surface area (TPSA) is 136 Å². The molecule has 0 aliphatic carbocycles. The van der Waals surface area contributed by atoms with Crippen molar-refractivity contribution in [1.82, 2.24) is 4.90 Å². The molecule has 0 unspecified atom stereocenters. The van der Waals surface area contributed by atoms with Crippen LogP contribution in [0.3, 0.4) is 0 Å². The SMILES string of the molecule is C[C@@H](/C=C/CC(=O)N(CCO)Cc1ccccc1)[C@]1(O)C(=O)N(c2ccccc2)c2ccc(NC(=O)c3ccc(N)cc3)cc21. The summed E-state index contributed by atoms with van der Waals surface area (Å²) >= 11 is 0. The summed E-state index contributed by atoms with van der Waals surface area (Å²) in [6.45, 7) is 2.09. The minimum absolute atomic E-state index is 0.0222. The van der Waals surface area contributed by atoms with Crippen molar-refractivity contribution in [2.75, 3.05) is 29.1 Å². The van der Waals surface area contributed by atoms with Crippen molar-refractivity contribution in [3.63, 3.8) is 0 Å². The van der Waals surface area contributed by atoms with Crippen LogP contribution in [0.15, 0.2) is 115 Å². The van der Waals surface area contributed by atoms with Crippen molar-refractivity contribution < 1.29 is 24.6 Å². The molecule has 4 aromatic rings. The minimum atomic E-state index is -1.98. The Labute approximate surface area is 262 Å². The molecule has 1 aliphatic rings. The highest BCUT2D eigenvalue weighted by atomic mass is 16.3. The molecule has 0 radical (unpaired) electrons. The number of amides is 3. The fourth-order valence-electron chi connectivity index (χ4n) is 5.48. The molecule has 1 heterocycles. The molecule has 0 saturated heterocycles. The second-order valence-electron chi connectivity index (χ2n) is 11.0. The lowest BCUT2D eigenvalue weighted by molar-refractivity contribution is -0.138. The number of aliphatic hydroxyl groups is 2. The Morgan fingerprint density at radius 1 is 0.978 bits per heavy atom. The van der Waals surface area contributed by atoms with Gasteiger partial charge in [0.25, 0.3) is 11.8 Å². The van der Waals surface area contributed by atoms with Gasteiger partial charge in [0.05, 0.1) is 12.3 Å². The second-order valence-corrected chi connectivity index (χ2v) is 11.0. The van der Waals surface area contributed by atoms with Gasteiger partial charge < -0.3 is 26.2 Å². The smallest absolute Gasteiger partial charge is 0.268 e. The van der Waals surface area contributed by atoms with Crippen molar-refractivity contribution in [1.29, 1.82) is 0 Å². The van der Waals surface area contributed by atoms with E-state index < -0.39 is 17.4 Å². The highest BCUT2D eigenvalue weighted by Crippen LogP contribution is 2.49. The number of hydrogen-bond donors (Lipinski definition) is 4. The van der Waals surface area contributed by atoms with Crippen LogP contribution in [0.4, 0.5) is 22.7 Å². The molecular weight excluding hydrogens is 568 g/mol. The molecule has 9 nitrogen and oxygen atoms in total. The van der Waals surface area contributed by atoms with Crippen LogP contribution < -0.4 is 16.0 Å². The number of carbonyl (C=O) groups is 3. The first-order chi connectivity index (χ1) is 21.7. The molecular formula is C36H36N4O5. The molecule has 1 aliphatic heterocycles. The molecule has 3 amide bonds. The van der Waals surface area contributed by atoms with E-state index in [4.69, 9.17) is 5.73 Å². The van der Waals surface area contributed by atoms with Gasteiger partial charge in [0.1, 0.15) is 0 Å². The van der Waals surface area contributed by atoms with Crippen LogP contribution in [-0.2, 0) is 21.7 Å². The normalized spacial score (nSPS) is 16.4. The molecule has 5 N–H and O–H groups in total. The Balaban J connectivity index is 1.41. The summed E-state index contributed by atoms with van der Waals surface area (Å²) < 4.78 is 0. The van der Waals surface area contributed by atoms with Crippen LogP contribution in [0.25, 0.3) is 0 Å². The molecule has 5 rings (SSSR count). The Kier molecular flexibility index (Phi) is 9.42. The number of nitrogens with two attached hydrogens (primary N) is 1. The van der Waals surface area contributed by atoms with Crippen LogP contribution in [-0.4, -0.2) is 46.0 Å². The first-order valence-corrected chi connectivity index (χ1v) is 14.7. The predicted molar refractivity (Wildman–Crippen MR) is 175 cm³/mol. The number of nitrogen functional groups attached to an aromatic ring is 1. The maximum atomic E-state index is 14.0. The molecule has 0 aromatic heterocycles. The van der Waals surface area contributed by atoms with Crippen LogP contribution in [0.5, 0.6) is 0 Å². The molecule has 0 fully saturated rings. The summed E-state index contributed by atoms with van der Waals surface area (Å²) in [6, 6.07) is 30.0. The molecule has 9 heteroatoms. The van der Waals surface area contributed by atoms with Crippen LogP contribution in [0, 0.1) is 5.92 Å². The number of aliphatic hydroxyl groups excluding tert-OH is 1. The van der Waals surface area contributed by atoms with Crippen molar-refractivity contribution >= 4 is 40.5 Å². The van der Waals surface area contributed by atoms with E-state index in [9.17, 15) is 24.6 Å². The minimum Gasteiger partial charge on any atom is -0.399 e. The van der Waals surface area contributed by atoms with E-state index in [-0.39, 0.29) is 31.4 Å². The summed E-state index contributed by atoms with van der Waals surface area (Å²) in [5.41, 5.74) is 7.48. The number of nitrogens with zero attached hydrogens (tertiary/aromatic N) is 2. The van der Waals surface area contributed by atoms with Crippen LogP contribution in [0.1, 0.15) is 34.8 Å². The number of rotatable bonds is 11. The zero-order valence-electron chi connectivity index (χ0n) is 25.0. The van der Waals surface area contributed by atoms with E-state index in [1.165, 1.54) is 4.90 Å². The highest BCUT2D eigenvalue weighted by molar-refractivity contribution is 6.13. The summed E-state index contributed by atoms with van der Waals surface area (Å²) in [7, 11) is 0. The number of hydrogen-bond acceptors (Lipinski definition) is 6. The largest absolute Gasteiger partial charge is 0.399 e. The Morgan fingerprint density at radius 2 is 1.64 bits per heavy atom. The number of anilines is 4. The fraction of sp³-hybridized carbons (Fsp3) is 0.194. The number of fused-ring (bicyclic) bond motifs is 1. The van der Waals surface area contributed by atoms with Gasteiger partial charge in [-0.2, -0.15) is 0 Å². The molecule has 230 valence electrons. The molecule has 0 spiro atoms. The summed E-state index contributed by atoms with van der Waals surface area (Å²) in [6.07, 6.45) is 3.33. The fourth-order valence-corrected chi connectivity index (χ4v) is 5.48. The lowest BCUT2D eigenvalue weighted by Crippen LogP contribution is -2.42. The van der Waals surface area contributed by atoms with Gasteiger partial charge in [-0.3, -0.25) is 19.3 Å². The lowest BCUT2D eigenvalue weighted by Gasteiger charge is -2.28. The van der Waals surface area contributed by atoms with E-state index in [1.54, 1.807) is 78.6 Å². The third kappa shape index (κ3) is 6.64. The Bertz CT molecular complexity index is 1690.